The van der Waals surface area contributed by atoms with Crippen molar-refractivity contribution in [2.24, 2.45) is 17.1 Å². The summed E-state index contributed by atoms with van der Waals surface area (Å²) in [5.41, 5.74) is 6.43. The van der Waals surface area contributed by atoms with Gasteiger partial charge in [-0.25, -0.2) is 0 Å². The molecule has 2 aliphatic rings. The molecule has 0 spiro atoms. The van der Waals surface area contributed by atoms with Crippen LogP contribution < -0.4 is 11.1 Å². The van der Waals surface area contributed by atoms with E-state index >= 15 is 0 Å². The van der Waals surface area contributed by atoms with E-state index in [0.717, 1.165) is 19.6 Å². The monoisotopic (exact) mass is 251 g/mol. The van der Waals surface area contributed by atoms with E-state index in [2.05, 4.69) is 36.5 Å². The lowest BCUT2D eigenvalue weighted by Crippen LogP contribution is -2.52. The molecule has 0 bridgehead atoms. The molecule has 0 amide bonds. The van der Waals surface area contributed by atoms with Gasteiger partial charge in [0, 0.05) is 30.5 Å². The molecule has 104 valence electrons. The van der Waals surface area contributed by atoms with Crippen molar-refractivity contribution < 1.29 is 0 Å². The molecular formula is C15H29N3. The van der Waals surface area contributed by atoms with Gasteiger partial charge in [-0.05, 0) is 33.5 Å². The average Bonchev–Trinajstić information content (AvgIpc) is 2.39. The van der Waals surface area contributed by atoms with E-state index < -0.39 is 0 Å². The summed E-state index contributed by atoms with van der Waals surface area (Å²) in [6.45, 7) is 3.06. The van der Waals surface area contributed by atoms with Gasteiger partial charge < -0.3 is 16.0 Å². The van der Waals surface area contributed by atoms with Gasteiger partial charge >= 0.3 is 0 Å². The van der Waals surface area contributed by atoms with E-state index in [1.54, 1.807) is 0 Å². The Morgan fingerprint density at radius 2 is 1.94 bits per heavy atom. The summed E-state index contributed by atoms with van der Waals surface area (Å²) >= 11 is 0. The van der Waals surface area contributed by atoms with Gasteiger partial charge in [0.15, 0.2) is 0 Å². The Labute approximate surface area is 112 Å². The first-order valence-electron chi connectivity index (χ1n) is 7.43. The van der Waals surface area contributed by atoms with Crippen LogP contribution in [-0.2, 0) is 0 Å². The highest BCUT2D eigenvalue weighted by atomic mass is 15.1. The molecule has 1 aliphatic carbocycles. The predicted molar refractivity (Wildman–Crippen MR) is 77.5 cm³/mol. The van der Waals surface area contributed by atoms with Crippen molar-refractivity contribution in [2.45, 2.75) is 38.1 Å². The molecule has 0 saturated heterocycles. The SMILES string of the molecule is CN(C)CC1C=CC(C2(CN)CCCCC2)NC1. The molecule has 2 rings (SSSR count). The minimum atomic E-state index is 0.331. The van der Waals surface area contributed by atoms with E-state index in [-0.39, 0.29) is 0 Å². The molecule has 0 aromatic carbocycles. The zero-order valence-corrected chi connectivity index (χ0v) is 12.0. The third-order valence-corrected chi connectivity index (χ3v) is 4.69. The zero-order chi connectivity index (χ0) is 13.0. The Morgan fingerprint density at radius 1 is 1.22 bits per heavy atom. The fraction of sp³-hybridized carbons (Fsp3) is 0.867. The van der Waals surface area contributed by atoms with Crippen LogP contribution >= 0.6 is 0 Å². The fourth-order valence-corrected chi connectivity index (χ4v) is 3.60. The second-order valence-corrected chi connectivity index (χ2v) is 6.42. The lowest BCUT2D eigenvalue weighted by molar-refractivity contribution is 0.147. The molecular weight excluding hydrogens is 222 g/mol. The smallest absolute Gasteiger partial charge is 0.0319 e. The Hall–Kier alpha value is -0.380. The summed E-state index contributed by atoms with van der Waals surface area (Å²) < 4.78 is 0. The second kappa shape index (κ2) is 6.18. The number of nitrogens with two attached hydrogens (primary N) is 1. The molecule has 3 heteroatoms. The van der Waals surface area contributed by atoms with E-state index in [9.17, 15) is 0 Å². The molecule has 1 heterocycles. The van der Waals surface area contributed by atoms with Crippen LogP contribution in [0.3, 0.4) is 0 Å². The van der Waals surface area contributed by atoms with Crippen LogP contribution in [0, 0.1) is 11.3 Å². The largest absolute Gasteiger partial charge is 0.330 e. The minimum Gasteiger partial charge on any atom is -0.330 e. The number of rotatable bonds is 4. The second-order valence-electron chi connectivity index (χ2n) is 6.42. The molecule has 3 N–H and O–H groups in total. The first-order valence-corrected chi connectivity index (χ1v) is 7.43. The third kappa shape index (κ3) is 3.14. The van der Waals surface area contributed by atoms with Crippen molar-refractivity contribution in [3.63, 3.8) is 0 Å². The van der Waals surface area contributed by atoms with Gasteiger partial charge in [0.05, 0.1) is 0 Å². The molecule has 0 radical (unpaired) electrons. The Bertz CT molecular complexity index is 279. The van der Waals surface area contributed by atoms with Crippen molar-refractivity contribution in [1.82, 2.24) is 10.2 Å². The van der Waals surface area contributed by atoms with Gasteiger partial charge in [-0.2, -0.15) is 0 Å². The van der Waals surface area contributed by atoms with Crippen LogP contribution in [0.25, 0.3) is 0 Å². The summed E-state index contributed by atoms with van der Waals surface area (Å²) in [7, 11) is 4.28. The topological polar surface area (TPSA) is 41.3 Å². The first kappa shape index (κ1) is 14.0. The zero-order valence-electron chi connectivity index (χ0n) is 12.0. The van der Waals surface area contributed by atoms with E-state index in [1.165, 1.54) is 32.1 Å². The highest BCUT2D eigenvalue weighted by Crippen LogP contribution is 2.39. The third-order valence-electron chi connectivity index (χ3n) is 4.69. The first-order chi connectivity index (χ1) is 8.66. The highest BCUT2D eigenvalue weighted by molar-refractivity contribution is 5.10. The molecule has 1 saturated carbocycles. The number of nitrogens with one attached hydrogen (secondary N) is 1. The molecule has 3 nitrogen and oxygen atoms in total. The summed E-state index contributed by atoms with van der Waals surface area (Å²) in [4.78, 5) is 2.26. The maximum absolute atomic E-state index is 6.10. The predicted octanol–water partition coefficient (Wildman–Crippen LogP) is 1.60. The fourth-order valence-electron chi connectivity index (χ4n) is 3.60. The van der Waals surface area contributed by atoms with Gasteiger partial charge in [-0.1, -0.05) is 31.4 Å². The van der Waals surface area contributed by atoms with E-state index in [0.29, 0.717) is 17.4 Å². The van der Waals surface area contributed by atoms with Crippen LogP contribution in [0.1, 0.15) is 32.1 Å². The Kier molecular flexibility index (Phi) is 4.82. The summed E-state index contributed by atoms with van der Waals surface area (Å²) in [5, 5.41) is 3.74. The summed E-state index contributed by atoms with van der Waals surface area (Å²) in [6, 6.07) is 0.501. The molecule has 0 aromatic heterocycles. The number of hydrogen-bond donors (Lipinski definition) is 2. The van der Waals surface area contributed by atoms with Crippen LogP contribution in [0.4, 0.5) is 0 Å². The van der Waals surface area contributed by atoms with Crippen LogP contribution in [0.2, 0.25) is 0 Å². The lowest BCUT2D eigenvalue weighted by atomic mass is 9.68. The van der Waals surface area contributed by atoms with Gasteiger partial charge in [0.2, 0.25) is 0 Å². The quantitative estimate of drug-likeness (QED) is 0.746. The molecule has 18 heavy (non-hydrogen) atoms. The van der Waals surface area contributed by atoms with Gasteiger partial charge in [-0.15, -0.1) is 0 Å². The highest BCUT2D eigenvalue weighted by Gasteiger charge is 2.38. The Balaban J connectivity index is 1.97. The summed E-state index contributed by atoms with van der Waals surface area (Å²) in [6.07, 6.45) is 11.5. The standard InChI is InChI=1S/C15H29N3/c1-18(2)11-13-6-7-14(17-10-13)15(12-16)8-4-3-5-9-15/h6-7,13-14,17H,3-5,8-12,16H2,1-2H3. The van der Waals surface area contributed by atoms with Gasteiger partial charge in [0.25, 0.3) is 0 Å². The van der Waals surface area contributed by atoms with Gasteiger partial charge in [-0.3, -0.25) is 0 Å². The number of nitrogens with zero attached hydrogens (tertiary/aromatic N) is 1. The van der Waals surface area contributed by atoms with Crippen molar-refractivity contribution in [1.29, 1.82) is 0 Å². The number of hydrogen-bond acceptors (Lipinski definition) is 3. The maximum atomic E-state index is 6.10. The molecule has 1 fully saturated rings. The van der Waals surface area contributed by atoms with E-state index in [4.69, 9.17) is 5.73 Å². The van der Waals surface area contributed by atoms with Crippen molar-refractivity contribution in [3.8, 4) is 0 Å². The van der Waals surface area contributed by atoms with Gasteiger partial charge in [0.1, 0.15) is 0 Å². The van der Waals surface area contributed by atoms with Crippen LogP contribution in [-0.4, -0.2) is 44.7 Å². The Morgan fingerprint density at radius 3 is 2.44 bits per heavy atom. The van der Waals surface area contributed by atoms with Crippen molar-refractivity contribution >= 4 is 0 Å². The van der Waals surface area contributed by atoms with Crippen LogP contribution in [0.5, 0.6) is 0 Å². The van der Waals surface area contributed by atoms with E-state index in [1.807, 2.05) is 0 Å². The average molecular weight is 251 g/mol. The molecule has 0 aromatic rings. The normalized spacial score (nSPS) is 31.8. The molecule has 2 atom stereocenters. The van der Waals surface area contributed by atoms with Crippen molar-refractivity contribution in [2.75, 3.05) is 33.7 Å². The summed E-state index contributed by atoms with van der Waals surface area (Å²) in [5.74, 6) is 0.648. The van der Waals surface area contributed by atoms with Crippen LogP contribution in [0.15, 0.2) is 12.2 Å². The minimum absolute atomic E-state index is 0.331. The maximum Gasteiger partial charge on any atom is 0.0319 e. The molecule has 2 unspecified atom stereocenters. The molecule has 1 aliphatic heterocycles. The lowest BCUT2D eigenvalue weighted by Gasteiger charge is -2.44. The van der Waals surface area contributed by atoms with Crippen molar-refractivity contribution in [3.05, 3.63) is 12.2 Å².